The van der Waals surface area contributed by atoms with Gasteiger partial charge in [0, 0.05) is 58.6 Å². The molecule has 0 amide bonds. The number of pyridine rings is 1. The summed E-state index contributed by atoms with van der Waals surface area (Å²) in [5, 5.41) is 3.08. The van der Waals surface area contributed by atoms with Crippen LogP contribution in [0.25, 0.3) is 0 Å². The summed E-state index contributed by atoms with van der Waals surface area (Å²) in [6, 6.07) is 3.39. The molecule has 0 unspecified atom stereocenters. The minimum Gasteiger partial charge on any atom is -0.465 e. The summed E-state index contributed by atoms with van der Waals surface area (Å²) < 4.78 is 52.2. The minimum atomic E-state index is -3.13. The molecule has 14 heteroatoms. The topological polar surface area (TPSA) is 129 Å². The molecule has 1 aromatic heterocycles. The second-order valence-electron chi connectivity index (χ2n) is 6.96. The van der Waals surface area contributed by atoms with E-state index in [1.54, 1.807) is 12.1 Å². The van der Waals surface area contributed by atoms with Crippen LogP contribution in [-0.4, -0.2) is 108 Å². The molecular weight excluding hydrogens is 470 g/mol. The molecule has 11 nitrogen and oxygen atoms in total. The Morgan fingerprint density at radius 1 is 0.935 bits per heavy atom. The molecule has 0 atom stereocenters. The van der Waals surface area contributed by atoms with Crippen molar-refractivity contribution in [1.29, 1.82) is 0 Å². The van der Waals surface area contributed by atoms with Gasteiger partial charge in [-0.05, 0) is 12.1 Å². The number of esters is 1. The quantitative estimate of drug-likeness (QED) is 0.530. The molecule has 2 aliphatic rings. The van der Waals surface area contributed by atoms with Crippen LogP contribution in [0, 0.1) is 0 Å². The largest absolute Gasteiger partial charge is 0.465 e. The van der Waals surface area contributed by atoms with Crippen LogP contribution in [0.4, 0.5) is 5.82 Å². The van der Waals surface area contributed by atoms with E-state index in [1.165, 1.54) is 34.4 Å². The molecule has 0 saturated carbocycles. The average Bonchev–Trinajstić information content (AvgIpc) is 2.73. The summed E-state index contributed by atoms with van der Waals surface area (Å²) in [4.78, 5) is 17.5. The molecule has 0 bridgehead atoms. The number of hydrogen-bond acceptors (Lipinski definition) is 9. The fraction of sp³-hybridized carbons (Fsp3) is 0.647. The molecule has 2 fully saturated rings. The van der Waals surface area contributed by atoms with Gasteiger partial charge in [0.2, 0.25) is 20.0 Å². The van der Waals surface area contributed by atoms with Gasteiger partial charge in [0.05, 0.1) is 25.2 Å². The number of carbonyl (C=O) groups is 1. The zero-order valence-electron chi connectivity index (χ0n) is 17.9. The van der Waals surface area contributed by atoms with E-state index in [1.807, 2.05) is 4.90 Å². The van der Waals surface area contributed by atoms with Gasteiger partial charge >= 0.3 is 5.97 Å². The van der Waals surface area contributed by atoms with E-state index in [0.717, 1.165) is 18.9 Å². The van der Waals surface area contributed by atoms with Gasteiger partial charge in [-0.1, -0.05) is 0 Å². The van der Waals surface area contributed by atoms with Gasteiger partial charge in [-0.2, -0.15) is 8.61 Å². The van der Waals surface area contributed by atoms with Crippen LogP contribution in [0.3, 0.4) is 0 Å². The number of carbonyl (C=O) groups excluding carboxylic acids is 1. The maximum atomic E-state index is 11.4. The van der Waals surface area contributed by atoms with E-state index >= 15 is 0 Å². The number of hydrogen-bond donors (Lipinski definition) is 1. The van der Waals surface area contributed by atoms with Crippen molar-refractivity contribution in [3.8, 4) is 0 Å². The van der Waals surface area contributed by atoms with E-state index in [-0.39, 0.29) is 12.4 Å². The van der Waals surface area contributed by atoms with Gasteiger partial charge in [-0.15, -0.1) is 12.4 Å². The van der Waals surface area contributed by atoms with E-state index in [4.69, 9.17) is 0 Å². The number of aromatic nitrogens is 1. The number of ether oxygens (including phenoxy) is 1. The molecule has 0 spiro atoms. The van der Waals surface area contributed by atoms with Gasteiger partial charge in [0.1, 0.15) is 5.82 Å². The smallest absolute Gasteiger partial charge is 0.339 e. The fourth-order valence-corrected chi connectivity index (χ4v) is 4.71. The maximum Gasteiger partial charge on any atom is 0.339 e. The number of nitrogens with zero attached hydrogens (tertiary/aromatic N) is 4. The Bertz CT molecular complexity index is 913. The van der Waals surface area contributed by atoms with Gasteiger partial charge < -0.3 is 15.0 Å². The molecule has 31 heavy (non-hydrogen) atoms. The number of methoxy groups -OCH3 is 1. The average molecular weight is 500 g/mol. The predicted octanol–water partition coefficient (Wildman–Crippen LogP) is -0.777. The van der Waals surface area contributed by atoms with Crippen molar-refractivity contribution in [2.75, 3.05) is 76.9 Å². The molecule has 3 rings (SSSR count). The van der Waals surface area contributed by atoms with Crippen molar-refractivity contribution >= 4 is 44.2 Å². The number of halogens is 1. The summed E-state index contributed by atoms with van der Waals surface area (Å²) in [6.07, 6.45) is 3.93. The van der Waals surface area contributed by atoms with Crippen LogP contribution in [0.15, 0.2) is 18.3 Å². The van der Waals surface area contributed by atoms with Crippen molar-refractivity contribution in [2.45, 2.75) is 0 Å². The lowest BCUT2D eigenvalue weighted by atomic mass is 10.2. The summed E-state index contributed by atoms with van der Waals surface area (Å²) in [7, 11) is -4.74. The lowest BCUT2D eigenvalue weighted by Crippen LogP contribution is -2.48. The van der Waals surface area contributed by atoms with Crippen molar-refractivity contribution in [3.63, 3.8) is 0 Å². The van der Waals surface area contributed by atoms with Crippen molar-refractivity contribution in [3.05, 3.63) is 23.9 Å². The molecule has 0 aromatic carbocycles. The van der Waals surface area contributed by atoms with Gasteiger partial charge in [0.25, 0.3) is 0 Å². The van der Waals surface area contributed by atoms with Crippen LogP contribution >= 0.6 is 12.4 Å². The SMILES string of the molecule is COC(=O)c1ccc(N2CCN(S(C)(=O)=O)CC2)nc1.CS(=O)(=O)N1CCNCC1.Cl. The number of sulfonamides is 2. The molecule has 1 aromatic rings. The highest BCUT2D eigenvalue weighted by Crippen LogP contribution is 2.15. The Balaban J connectivity index is 0.000000370. The number of nitrogens with one attached hydrogen (secondary N) is 1. The van der Waals surface area contributed by atoms with Crippen molar-refractivity contribution in [1.82, 2.24) is 18.9 Å². The normalized spacial score (nSPS) is 18.4. The Kier molecular flexibility index (Phi) is 10.6. The Morgan fingerprint density at radius 2 is 1.45 bits per heavy atom. The maximum absolute atomic E-state index is 11.4. The molecular formula is C17H30ClN5O6S2. The van der Waals surface area contributed by atoms with Crippen molar-refractivity contribution < 1.29 is 26.4 Å². The highest BCUT2D eigenvalue weighted by Gasteiger charge is 2.24. The third-order valence-electron chi connectivity index (χ3n) is 4.75. The zero-order chi connectivity index (χ0) is 22.4. The molecule has 2 saturated heterocycles. The highest BCUT2D eigenvalue weighted by atomic mass is 35.5. The van der Waals surface area contributed by atoms with Crippen LogP contribution in [0.5, 0.6) is 0 Å². The first kappa shape index (κ1) is 27.5. The first-order valence-electron chi connectivity index (χ1n) is 9.42. The van der Waals surface area contributed by atoms with E-state index in [0.29, 0.717) is 44.8 Å². The molecule has 0 aliphatic carbocycles. The standard InChI is InChI=1S/C12H17N3O4S.C5H12N2O2S.ClH/c1-19-12(16)10-3-4-11(13-9-10)14-5-7-15(8-6-14)20(2,17)18;1-10(8,9)7-4-2-6-3-5-7;/h3-4,9H,5-8H2,1-2H3;6H,2-5H2,1H3;1H. The lowest BCUT2D eigenvalue weighted by Gasteiger charge is -2.33. The lowest BCUT2D eigenvalue weighted by molar-refractivity contribution is 0.0600. The third-order valence-corrected chi connectivity index (χ3v) is 7.35. The Morgan fingerprint density at radius 3 is 1.84 bits per heavy atom. The molecule has 0 radical (unpaired) electrons. The first-order valence-corrected chi connectivity index (χ1v) is 13.1. The van der Waals surface area contributed by atoms with E-state index in [9.17, 15) is 21.6 Å². The van der Waals surface area contributed by atoms with E-state index < -0.39 is 26.0 Å². The predicted molar refractivity (Wildman–Crippen MR) is 121 cm³/mol. The van der Waals surface area contributed by atoms with Crippen molar-refractivity contribution in [2.24, 2.45) is 0 Å². The Labute approximate surface area is 190 Å². The summed E-state index contributed by atoms with van der Waals surface area (Å²) in [6.45, 7) is 4.81. The second-order valence-corrected chi connectivity index (χ2v) is 10.9. The number of rotatable bonds is 4. The first-order chi connectivity index (χ1) is 14.0. The Hall–Kier alpha value is -1.51. The summed E-state index contributed by atoms with van der Waals surface area (Å²) in [5.41, 5.74) is 0.394. The van der Waals surface area contributed by atoms with Gasteiger partial charge in [-0.3, -0.25) is 0 Å². The van der Waals surface area contributed by atoms with Crippen LogP contribution in [0.1, 0.15) is 10.4 Å². The van der Waals surface area contributed by atoms with E-state index in [2.05, 4.69) is 15.0 Å². The van der Waals surface area contributed by atoms with Crippen LogP contribution in [-0.2, 0) is 24.8 Å². The minimum absolute atomic E-state index is 0. The molecule has 3 heterocycles. The number of piperazine rings is 2. The highest BCUT2D eigenvalue weighted by molar-refractivity contribution is 7.88. The van der Waals surface area contributed by atoms with Crippen LogP contribution < -0.4 is 10.2 Å². The fourth-order valence-electron chi connectivity index (χ4n) is 3.04. The second kappa shape index (κ2) is 11.9. The summed E-state index contributed by atoms with van der Waals surface area (Å²) >= 11 is 0. The number of anilines is 1. The third kappa shape index (κ3) is 8.50. The van der Waals surface area contributed by atoms with Crippen LogP contribution in [0.2, 0.25) is 0 Å². The van der Waals surface area contributed by atoms with Gasteiger partial charge in [-0.25, -0.2) is 26.6 Å². The zero-order valence-corrected chi connectivity index (χ0v) is 20.3. The molecule has 1 N–H and O–H groups in total. The molecule has 2 aliphatic heterocycles. The summed E-state index contributed by atoms with van der Waals surface area (Å²) in [5.74, 6) is 0.303. The monoisotopic (exact) mass is 499 g/mol. The van der Waals surface area contributed by atoms with Gasteiger partial charge in [0.15, 0.2) is 0 Å². The molecule has 178 valence electrons.